The van der Waals surface area contributed by atoms with Crippen molar-refractivity contribution in [2.75, 3.05) is 13.1 Å². The predicted molar refractivity (Wildman–Crippen MR) is 148 cm³/mol. The van der Waals surface area contributed by atoms with Crippen molar-refractivity contribution >= 4 is 0 Å². The number of hydrogen-bond donors (Lipinski definition) is 3. The molecule has 0 saturated carbocycles. The zero-order valence-corrected chi connectivity index (χ0v) is 21.2. The predicted octanol–water partition coefficient (Wildman–Crippen LogP) is 7.00. The van der Waals surface area contributed by atoms with E-state index < -0.39 is 0 Å². The lowest BCUT2D eigenvalue weighted by Crippen LogP contribution is -2.23. The Labute approximate surface area is 210 Å². The normalized spacial score (nSPS) is 9.83. The molecule has 4 nitrogen and oxygen atoms in total. The zero-order valence-electron chi connectivity index (χ0n) is 21.2. The summed E-state index contributed by atoms with van der Waals surface area (Å²) in [5, 5.41) is 28.3. The minimum absolute atomic E-state index is 0.343. The molecule has 4 heteroatoms. The molecule has 0 aromatic heterocycles. The van der Waals surface area contributed by atoms with Crippen LogP contribution < -0.4 is 0 Å². The maximum atomic E-state index is 9.62. The fraction of sp³-hybridized carbons (Fsp3) is 0.226. The van der Waals surface area contributed by atoms with Gasteiger partial charge in [0.05, 0.1) is 0 Å². The largest absolute Gasteiger partial charge is 0.508 e. The Morgan fingerprint density at radius 2 is 1.11 bits per heavy atom. The van der Waals surface area contributed by atoms with Gasteiger partial charge in [-0.25, -0.2) is 0 Å². The number of benzene rings is 3. The Bertz CT molecular complexity index is 1060. The van der Waals surface area contributed by atoms with Gasteiger partial charge in [0, 0.05) is 25.2 Å². The summed E-state index contributed by atoms with van der Waals surface area (Å²) in [5.74, 6) is 1.15. The van der Waals surface area contributed by atoms with Gasteiger partial charge in [0.2, 0.25) is 0 Å². The fourth-order valence-corrected chi connectivity index (χ4v) is 3.30. The SMILES string of the molecule is C=CCN(CC=C)Cc1ccccc1O.C=CCc1cccc(C)c1O.Cc1cccc(C)c1O. The quantitative estimate of drug-likeness (QED) is 0.308. The summed E-state index contributed by atoms with van der Waals surface area (Å²) in [4.78, 5) is 2.15. The van der Waals surface area contributed by atoms with Crippen molar-refractivity contribution in [2.45, 2.75) is 33.7 Å². The molecule has 0 saturated heterocycles. The summed E-state index contributed by atoms with van der Waals surface area (Å²) in [6.07, 6.45) is 6.22. The van der Waals surface area contributed by atoms with Crippen molar-refractivity contribution in [1.29, 1.82) is 0 Å². The van der Waals surface area contributed by atoms with Crippen molar-refractivity contribution in [1.82, 2.24) is 4.90 Å². The second-order valence-electron chi connectivity index (χ2n) is 8.22. The molecule has 0 amide bonds. The van der Waals surface area contributed by atoms with E-state index in [1.807, 2.05) is 87.5 Å². The van der Waals surface area contributed by atoms with Crippen LogP contribution in [0, 0.1) is 20.8 Å². The number of aryl methyl sites for hydroxylation is 3. The third-order valence-electron chi connectivity index (χ3n) is 5.29. The summed E-state index contributed by atoms with van der Waals surface area (Å²) >= 11 is 0. The lowest BCUT2D eigenvalue weighted by molar-refractivity contribution is 0.321. The number of allylic oxidation sites excluding steroid dienone is 1. The van der Waals surface area contributed by atoms with Gasteiger partial charge in [0.25, 0.3) is 0 Å². The summed E-state index contributed by atoms with van der Waals surface area (Å²) < 4.78 is 0. The number of phenols is 3. The third-order valence-corrected chi connectivity index (χ3v) is 5.29. The molecule has 0 aliphatic rings. The monoisotopic (exact) mass is 473 g/mol. The van der Waals surface area contributed by atoms with E-state index in [2.05, 4.69) is 24.6 Å². The van der Waals surface area contributed by atoms with Crippen LogP contribution in [0.4, 0.5) is 0 Å². The molecule has 3 aromatic rings. The first-order chi connectivity index (χ1) is 16.7. The first kappa shape index (κ1) is 29.3. The average Bonchev–Trinajstić information content (AvgIpc) is 2.83. The minimum Gasteiger partial charge on any atom is -0.508 e. The molecule has 35 heavy (non-hydrogen) atoms. The van der Waals surface area contributed by atoms with E-state index in [1.54, 1.807) is 12.1 Å². The van der Waals surface area contributed by atoms with Gasteiger partial charge in [0.1, 0.15) is 17.2 Å². The maximum Gasteiger partial charge on any atom is 0.121 e. The van der Waals surface area contributed by atoms with Gasteiger partial charge in [-0.15, -0.1) is 19.7 Å². The zero-order chi connectivity index (χ0) is 26.2. The molecule has 186 valence electrons. The van der Waals surface area contributed by atoms with Gasteiger partial charge >= 0.3 is 0 Å². The maximum absolute atomic E-state index is 9.62. The summed E-state index contributed by atoms with van der Waals surface area (Å²) in [6.45, 7) is 19.0. The van der Waals surface area contributed by atoms with Gasteiger partial charge in [-0.3, -0.25) is 4.90 Å². The highest BCUT2D eigenvalue weighted by Crippen LogP contribution is 2.22. The summed E-state index contributed by atoms with van der Waals surface area (Å²) in [7, 11) is 0. The molecule has 3 rings (SSSR count). The lowest BCUT2D eigenvalue weighted by atomic mass is 10.1. The highest BCUT2D eigenvalue weighted by molar-refractivity contribution is 5.40. The Morgan fingerprint density at radius 3 is 1.60 bits per heavy atom. The van der Waals surface area contributed by atoms with Crippen LogP contribution >= 0.6 is 0 Å². The minimum atomic E-state index is 0.343. The fourth-order valence-electron chi connectivity index (χ4n) is 3.30. The Balaban J connectivity index is 0.000000272. The molecule has 0 fully saturated rings. The van der Waals surface area contributed by atoms with Gasteiger partial charge in [-0.2, -0.15) is 0 Å². The first-order valence-corrected chi connectivity index (χ1v) is 11.6. The van der Waals surface area contributed by atoms with Gasteiger partial charge in [-0.1, -0.05) is 72.8 Å². The van der Waals surface area contributed by atoms with Crippen LogP contribution in [-0.2, 0) is 13.0 Å². The lowest BCUT2D eigenvalue weighted by Gasteiger charge is -2.19. The number of rotatable bonds is 8. The van der Waals surface area contributed by atoms with Crippen LogP contribution in [-0.4, -0.2) is 33.3 Å². The number of hydrogen-bond acceptors (Lipinski definition) is 4. The Hall–Kier alpha value is -3.76. The second kappa shape index (κ2) is 16.0. The number of phenolic OH excluding ortho intramolecular Hbond substituents is 3. The number of para-hydroxylation sites is 3. The molecular formula is C31H39NO3. The third kappa shape index (κ3) is 10.4. The molecular weight excluding hydrogens is 434 g/mol. The smallest absolute Gasteiger partial charge is 0.121 e. The van der Waals surface area contributed by atoms with Gasteiger partial charge in [0.15, 0.2) is 0 Å². The van der Waals surface area contributed by atoms with Crippen LogP contribution in [0.5, 0.6) is 17.2 Å². The number of nitrogens with zero attached hydrogens (tertiary/aromatic N) is 1. The standard InChI is InChI=1S/C13H17NO.C10H12O.C8H10O/c1-3-9-14(10-4-2)11-12-7-5-6-8-13(12)15;1-3-5-9-7-4-6-8(2)10(9)11;1-6-4-3-5-7(2)8(6)9/h3-8,15H,1-2,9-11H2;3-4,6-7,11H,1,5H2,2H3;3-5,9H,1-2H3. The Kier molecular flexibility index (Phi) is 13.4. The van der Waals surface area contributed by atoms with Gasteiger partial charge in [-0.05, 0) is 55.5 Å². The first-order valence-electron chi connectivity index (χ1n) is 11.6. The van der Waals surface area contributed by atoms with Crippen molar-refractivity contribution < 1.29 is 15.3 Å². The molecule has 0 aliphatic heterocycles. The van der Waals surface area contributed by atoms with E-state index in [0.717, 1.165) is 47.3 Å². The van der Waals surface area contributed by atoms with E-state index in [0.29, 0.717) is 23.8 Å². The van der Waals surface area contributed by atoms with Crippen LogP contribution in [0.3, 0.4) is 0 Å². The van der Waals surface area contributed by atoms with Crippen LogP contribution in [0.2, 0.25) is 0 Å². The highest BCUT2D eigenvalue weighted by Gasteiger charge is 2.05. The topological polar surface area (TPSA) is 63.9 Å². The molecule has 0 bridgehead atoms. The van der Waals surface area contributed by atoms with Crippen molar-refractivity contribution in [3.05, 3.63) is 126 Å². The van der Waals surface area contributed by atoms with Crippen LogP contribution in [0.15, 0.2) is 98.6 Å². The van der Waals surface area contributed by atoms with Crippen molar-refractivity contribution in [2.24, 2.45) is 0 Å². The van der Waals surface area contributed by atoms with E-state index in [9.17, 15) is 15.3 Å². The van der Waals surface area contributed by atoms with Gasteiger partial charge < -0.3 is 15.3 Å². The molecule has 0 atom stereocenters. The van der Waals surface area contributed by atoms with Crippen molar-refractivity contribution in [3.63, 3.8) is 0 Å². The van der Waals surface area contributed by atoms with Crippen LogP contribution in [0.25, 0.3) is 0 Å². The number of aromatic hydroxyl groups is 3. The molecule has 0 unspecified atom stereocenters. The van der Waals surface area contributed by atoms with E-state index in [-0.39, 0.29) is 0 Å². The molecule has 0 spiro atoms. The highest BCUT2D eigenvalue weighted by atomic mass is 16.3. The molecule has 0 heterocycles. The summed E-state index contributed by atoms with van der Waals surface area (Å²) in [5.41, 5.74) is 4.68. The van der Waals surface area contributed by atoms with E-state index in [1.165, 1.54) is 0 Å². The molecule has 3 N–H and O–H groups in total. The van der Waals surface area contributed by atoms with Crippen molar-refractivity contribution in [3.8, 4) is 17.2 Å². The Morgan fingerprint density at radius 1 is 0.629 bits per heavy atom. The van der Waals surface area contributed by atoms with Crippen LogP contribution in [0.1, 0.15) is 27.8 Å². The van der Waals surface area contributed by atoms with E-state index >= 15 is 0 Å². The summed E-state index contributed by atoms with van der Waals surface area (Å²) in [6, 6.07) is 18.8. The second-order valence-corrected chi connectivity index (χ2v) is 8.22. The van der Waals surface area contributed by atoms with E-state index in [4.69, 9.17) is 0 Å². The molecule has 0 aliphatic carbocycles. The molecule has 0 radical (unpaired) electrons. The molecule has 3 aromatic carbocycles. The average molecular weight is 474 g/mol.